The topological polar surface area (TPSA) is 55.2 Å². The Morgan fingerprint density at radius 3 is 2.81 bits per heavy atom. The van der Waals surface area contributed by atoms with Gasteiger partial charge in [-0.1, -0.05) is 20.3 Å². The predicted octanol–water partition coefficient (Wildman–Crippen LogP) is 3.82. The highest BCUT2D eigenvalue weighted by Gasteiger charge is 2.09. The van der Waals surface area contributed by atoms with Crippen LogP contribution in [0.4, 0.5) is 11.4 Å². The molecule has 0 fully saturated rings. The van der Waals surface area contributed by atoms with Crippen LogP contribution in [0.2, 0.25) is 0 Å². The van der Waals surface area contributed by atoms with Gasteiger partial charge in [0.1, 0.15) is 0 Å². The van der Waals surface area contributed by atoms with Gasteiger partial charge in [0.05, 0.1) is 10.6 Å². The van der Waals surface area contributed by atoms with Crippen LogP contribution in [0.25, 0.3) is 0 Å². The van der Waals surface area contributed by atoms with Gasteiger partial charge in [0, 0.05) is 23.2 Å². The van der Waals surface area contributed by atoms with Crippen molar-refractivity contribution < 1.29 is 4.92 Å². The molecule has 1 unspecified atom stereocenters. The number of benzene rings is 1. The first-order chi connectivity index (χ1) is 7.54. The lowest BCUT2D eigenvalue weighted by atomic mass is 10.1. The third kappa shape index (κ3) is 3.48. The van der Waals surface area contributed by atoms with Crippen LogP contribution in [0.5, 0.6) is 0 Å². The van der Waals surface area contributed by atoms with Crippen molar-refractivity contribution in [1.29, 1.82) is 0 Å². The number of hydrogen-bond donors (Lipinski definition) is 1. The van der Waals surface area contributed by atoms with Crippen LogP contribution in [0, 0.1) is 16.0 Å². The predicted molar refractivity (Wildman–Crippen MR) is 68.7 cm³/mol. The number of nitro groups is 1. The molecule has 0 bridgehead atoms. The zero-order valence-electron chi connectivity index (χ0n) is 9.37. The van der Waals surface area contributed by atoms with Crippen LogP contribution < -0.4 is 5.32 Å². The Labute approximate surface area is 103 Å². The van der Waals surface area contributed by atoms with Gasteiger partial charge in [-0.15, -0.1) is 0 Å². The van der Waals surface area contributed by atoms with Crippen LogP contribution in [-0.2, 0) is 0 Å². The summed E-state index contributed by atoms with van der Waals surface area (Å²) in [7, 11) is 0. The molecule has 1 aromatic carbocycles. The number of non-ortho nitro benzene ring substituents is 1. The summed E-state index contributed by atoms with van der Waals surface area (Å²) in [6, 6.07) is 4.72. The molecule has 0 saturated carbocycles. The monoisotopic (exact) mass is 286 g/mol. The molecule has 0 saturated heterocycles. The molecule has 4 nitrogen and oxygen atoms in total. The quantitative estimate of drug-likeness (QED) is 0.661. The SMILES string of the molecule is CCC(C)CNc1cc([N+](=O)[O-])ccc1Br. The van der Waals surface area contributed by atoms with Gasteiger partial charge in [0.25, 0.3) is 5.69 Å². The van der Waals surface area contributed by atoms with E-state index >= 15 is 0 Å². The molecule has 16 heavy (non-hydrogen) atoms. The molecule has 5 heteroatoms. The normalized spacial score (nSPS) is 12.2. The lowest BCUT2D eigenvalue weighted by molar-refractivity contribution is -0.384. The summed E-state index contributed by atoms with van der Waals surface area (Å²) in [6.07, 6.45) is 1.08. The Hall–Kier alpha value is -1.10. The second-order valence-electron chi connectivity index (χ2n) is 3.82. The smallest absolute Gasteiger partial charge is 0.271 e. The van der Waals surface area contributed by atoms with Crippen LogP contribution in [0.1, 0.15) is 20.3 Å². The van der Waals surface area contributed by atoms with Gasteiger partial charge in [-0.2, -0.15) is 0 Å². The van der Waals surface area contributed by atoms with Crippen molar-refractivity contribution in [2.24, 2.45) is 5.92 Å². The van der Waals surface area contributed by atoms with E-state index in [0.29, 0.717) is 5.92 Å². The molecule has 0 amide bonds. The van der Waals surface area contributed by atoms with Crippen LogP contribution in [0.3, 0.4) is 0 Å². The van der Waals surface area contributed by atoms with Crippen LogP contribution in [-0.4, -0.2) is 11.5 Å². The highest BCUT2D eigenvalue weighted by molar-refractivity contribution is 9.10. The van der Waals surface area contributed by atoms with Crippen molar-refractivity contribution >= 4 is 27.3 Å². The van der Waals surface area contributed by atoms with E-state index in [1.807, 2.05) is 0 Å². The van der Waals surface area contributed by atoms with Crippen molar-refractivity contribution in [3.8, 4) is 0 Å². The van der Waals surface area contributed by atoms with Crippen molar-refractivity contribution in [3.05, 3.63) is 32.8 Å². The molecule has 1 N–H and O–H groups in total. The van der Waals surface area contributed by atoms with Crippen LogP contribution in [0.15, 0.2) is 22.7 Å². The fourth-order valence-electron chi connectivity index (χ4n) is 1.19. The summed E-state index contributed by atoms with van der Waals surface area (Å²) in [4.78, 5) is 10.2. The summed E-state index contributed by atoms with van der Waals surface area (Å²) >= 11 is 3.37. The molecular weight excluding hydrogens is 272 g/mol. The van der Waals surface area contributed by atoms with Gasteiger partial charge in [-0.25, -0.2) is 0 Å². The summed E-state index contributed by atoms with van der Waals surface area (Å²) in [5, 5.41) is 13.8. The molecular formula is C11H15BrN2O2. The van der Waals surface area contributed by atoms with E-state index in [1.165, 1.54) is 6.07 Å². The second-order valence-corrected chi connectivity index (χ2v) is 4.67. The van der Waals surface area contributed by atoms with Gasteiger partial charge in [0.2, 0.25) is 0 Å². The highest BCUT2D eigenvalue weighted by Crippen LogP contribution is 2.27. The number of nitrogens with one attached hydrogen (secondary N) is 1. The van der Waals surface area contributed by atoms with Gasteiger partial charge in [-0.05, 0) is 27.9 Å². The maximum atomic E-state index is 10.6. The minimum absolute atomic E-state index is 0.106. The number of nitrogens with zero attached hydrogens (tertiary/aromatic N) is 1. The van der Waals surface area contributed by atoms with Gasteiger partial charge in [-0.3, -0.25) is 10.1 Å². The lowest BCUT2D eigenvalue weighted by Crippen LogP contribution is -2.10. The molecule has 0 heterocycles. The fourth-order valence-corrected chi connectivity index (χ4v) is 1.58. The molecule has 1 aromatic rings. The Kier molecular flexibility index (Phi) is 4.73. The van der Waals surface area contributed by atoms with E-state index in [9.17, 15) is 10.1 Å². The van der Waals surface area contributed by atoms with E-state index < -0.39 is 0 Å². The molecule has 0 aromatic heterocycles. The first-order valence-electron chi connectivity index (χ1n) is 5.22. The van der Waals surface area contributed by atoms with E-state index in [1.54, 1.807) is 12.1 Å². The van der Waals surface area contributed by atoms with Gasteiger partial charge >= 0.3 is 0 Å². The molecule has 1 atom stereocenters. The zero-order valence-corrected chi connectivity index (χ0v) is 11.0. The second kappa shape index (κ2) is 5.84. The third-order valence-corrected chi connectivity index (χ3v) is 3.19. The average molecular weight is 287 g/mol. The molecule has 0 aliphatic heterocycles. The lowest BCUT2D eigenvalue weighted by Gasteiger charge is -2.12. The van der Waals surface area contributed by atoms with Crippen molar-refractivity contribution in [2.45, 2.75) is 20.3 Å². The van der Waals surface area contributed by atoms with Crippen molar-refractivity contribution in [2.75, 3.05) is 11.9 Å². The zero-order chi connectivity index (χ0) is 12.1. The third-order valence-electron chi connectivity index (χ3n) is 2.50. The van der Waals surface area contributed by atoms with E-state index in [0.717, 1.165) is 23.1 Å². The largest absolute Gasteiger partial charge is 0.384 e. The Morgan fingerprint density at radius 2 is 2.25 bits per heavy atom. The van der Waals surface area contributed by atoms with Crippen LogP contribution >= 0.6 is 15.9 Å². The van der Waals surface area contributed by atoms with Gasteiger partial charge < -0.3 is 5.32 Å². The molecule has 1 rings (SSSR count). The number of rotatable bonds is 5. The Balaban J connectivity index is 2.78. The van der Waals surface area contributed by atoms with E-state index in [4.69, 9.17) is 0 Å². The summed E-state index contributed by atoms with van der Waals surface area (Å²) < 4.78 is 0.849. The molecule has 88 valence electrons. The first-order valence-corrected chi connectivity index (χ1v) is 6.01. The number of anilines is 1. The fraction of sp³-hybridized carbons (Fsp3) is 0.455. The summed E-state index contributed by atoms with van der Waals surface area (Å²) in [6.45, 7) is 5.07. The minimum atomic E-state index is -0.388. The van der Waals surface area contributed by atoms with E-state index in [2.05, 4.69) is 35.1 Å². The summed E-state index contributed by atoms with van der Waals surface area (Å²) in [5.41, 5.74) is 0.879. The first kappa shape index (κ1) is 13.0. The number of hydrogen-bond acceptors (Lipinski definition) is 3. The maximum Gasteiger partial charge on any atom is 0.271 e. The molecule has 0 aliphatic carbocycles. The Bertz CT molecular complexity index is 382. The minimum Gasteiger partial charge on any atom is -0.384 e. The standard InChI is InChI=1S/C11H15BrN2O2/c1-3-8(2)7-13-11-6-9(14(15)16)4-5-10(11)12/h4-6,8,13H,3,7H2,1-2H3. The summed E-state index contributed by atoms with van der Waals surface area (Å²) in [5.74, 6) is 0.547. The Morgan fingerprint density at radius 1 is 1.56 bits per heavy atom. The molecule has 0 aliphatic rings. The average Bonchev–Trinajstić information content (AvgIpc) is 2.27. The number of halogens is 1. The molecule has 0 spiro atoms. The maximum absolute atomic E-state index is 10.6. The van der Waals surface area contributed by atoms with Crippen molar-refractivity contribution in [1.82, 2.24) is 0 Å². The van der Waals surface area contributed by atoms with Crippen molar-refractivity contribution in [3.63, 3.8) is 0 Å². The van der Waals surface area contributed by atoms with Gasteiger partial charge in [0.15, 0.2) is 0 Å². The number of nitro benzene ring substituents is 1. The molecule has 0 radical (unpaired) electrons. The van der Waals surface area contributed by atoms with E-state index in [-0.39, 0.29) is 10.6 Å². The highest BCUT2D eigenvalue weighted by atomic mass is 79.9.